The topological polar surface area (TPSA) is 18.5 Å². The standard InChI is InChI=1S/C9H17O2/c1-7-5-4-6-8(10-2)9(7)11-3/h7-9H,1,4-6H2,2-3H3. The molecule has 0 N–H and O–H groups in total. The molecule has 3 atom stereocenters. The molecule has 0 aliphatic heterocycles. The van der Waals surface area contributed by atoms with Crippen molar-refractivity contribution in [2.45, 2.75) is 31.5 Å². The van der Waals surface area contributed by atoms with Gasteiger partial charge in [-0.05, 0) is 25.7 Å². The molecule has 1 aliphatic carbocycles. The lowest BCUT2D eigenvalue weighted by Crippen LogP contribution is -2.38. The van der Waals surface area contributed by atoms with Crippen molar-refractivity contribution in [1.29, 1.82) is 0 Å². The summed E-state index contributed by atoms with van der Waals surface area (Å²) in [5, 5.41) is 0. The van der Waals surface area contributed by atoms with E-state index < -0.39 is 0 Å². The Labute approximate surface area is 68.9 Å². The van der Waals surface area contributed by atoms with Gasteiger partial charge in [-0.2, -0.15) is 0 Å². The van der Waals surface area contributed by atoms with E-state index in [1.807, 2.05) is 0 Å². The molecule has 0 amide bonds. The van der Waals surface area contributed by atoms with Gasteiger partial charge >= 0.3 is 0 Å². The first-order chi connectivity index (χ1) is 5.29. The van der Waals surface area contributed by atoms with Crippen LogP contribution in [0.15, 0.2) is 0 Å². The zero-order chi connectivity index (χ0) is 8.27. The monoisotopic (exact) mass is 157 g/mol. The summed E-state index contributed by atoms with van der Waals surface area (Å²) in [5.41, 5.74) is 0. The predicted octanol–water partition coefficient (Wildman–Crippen LogP) is 1.65. The third-order valence-corrected chi connectivity index (χ3v) is 2.47. The number of hydrogen-bond donors (Lipinski definition) is 0. The first-order valence-corrected chi connectivity index (χ1v) is 4.18. The van der Waals surface area contributed by atoms with Crippen molar-refractivity contribution >= 4 is 0 Å². The van der Waals surface area contributed by atoms with Gasteiger partial charge in [0.05, 0.1) is 12.2 Å². The van der Waals surface area contributed by atoms with Gasteiger partial charge in [-0.25, -0.2) is 0 Å². The van der Waals surface area contributed by atoms with Gasteiger partial charge in [0.1, 0.15) is 0 Å². The maximum Gasteiger partial charge on any atom is 0.0860 e. The third-order valence-electron chi connectivity index (χ3n) is 2.47. The fraction of sp³-hybridized carbons (Fsp3) is 0.889. The van der Waals surface area contributed by atoms with Crippen LogP contribution in [0.1, 0.15) is 19.3 Å². The van der Waals surface area contributed by atoms with E-state index in [4.69, 9.17) is 9.47 Å². The van der Waals surface area contributed by atoms with Crippen molar-refractivity contribution in [1.82, 2.24) is 0 Å². The molecule has 0 aromatic carbocycles. The van der Waals surface area contributed by atoms with Gasteiger partial charge in [0.15, 0.2) is 0 Å². The van der Waals surface area contributed by atoms with Crippen molar-refractivity contribution in [2.24, 2.45) is 5.92 Å². The summed E-state index contributed by atoms with van der Waals surface area (Å²) in [6.07, 6.45) is 3.95. The van der Waals surface area contributed by atoms with E-state index in [2.05, 4.69) is 6.92 Å². The first kappa shape index (κ1) is 9.01. The van der Waals surface area contributed by atoms with Crippen LogP contribution in [0, 0.1) is 12.8 Å². The lowest BCUT2D eigenvalue weighted by molar-refractivity contribution is -0.0769. The summed E-state index contributed by atoms with van der Waals surface area (Å²) in [6.45, 7) is 4.04. The van der Waals surface area contributed by atoms with Crippen LogP contribution in [-0.2, 0) is 9.47 Å². The Morgan fingerprint density at radius 1 is 1.18 bits per heavy atom. The molecule has 0 spiro atoms. The Kier molecular flexibility index (Phi) is 3.34. The third kappa shape index (κ3) is 1.94. The molecule has 2 heteroatoms. The summed E-state index contributed by atoms with van der Waals surface area (Å²) in [5.74, 6) is 0.402. The second-order valence-corrected chi connectivity index (χ2v) is 3.17. The van der Waals surface area contributed by atoms with Crippen LogP contribution >= 0.6 is 0 Å². The molecule has 0 heterocycles. The first-order valence-electron chi connectivity index (χ1n) is 4.18. The minimum absolute atomic E-state index is 0.203. The number of methoxy groups -OCH3 is 2. The van der Waals surface area contributed by atoms with Crippen molar-refractivity contribution in [3.8, 4) is 0 Å². The van der Waals surface area contributed by atoms with E-state index in [1.165, 1.54) is 12.8 Å². The highest BCUT2D eigenvalue weighted by molar-refractivity contribution is 4.84. The molecule has 3 unspecified atom stereocenters. The Hall–Kier alpha value is -0.0800. The van der Waals surface area contributed by atoms with Gasteiger partial charge in [-0.1, -0.05) is 6.42 Å². The molecule has 0 saturated heterocycles. The van der Waals surface area contributed by atoms with Crippen LogP contribution in [0.5, 0.6) is 0 Å². The smallest absolute Gasteiger partial charge is 0.0860 e. The van der Waals surface area contributed by atoms with E-state index in [0.29, 0.717) is 5.92 Å². The van der Waals surface area contributed by atoms with Gasteiger partial charge in [0.2, 0.25) is 0 Å². The SMILES string of the molecule is [CH2]C1CCCC(OC)C1OC. The van der Waals surface area contributed by atoms with Gasteiger partial charge in [0, 0.05) is 14.2 Å². The fourth-order valence-corrected chi connectivity index (χ4v) is 1.81. The molecule has 1 aliphatic rings. The number of ether oxygens (including phenoxy) is 2. The van der Waals surface area contributed by atoms with E-state index in [1.54, 1.807) is 14.2 Å². The second kappa shape index (κ2) is 4.07. The van der Waals surface area contributed by atoms with Crippen LogP contribution < -0.4 is 0 Å². The Balaban J connectivity index is 2.48. The average Bonchev–Trinajstić information content (AvgIpc) is 2.04. The van der Waals surface area contributed by atoms with Crippen molar-refractivity contribution < 1.29 is 9.47 Å². The Bertz CT molecular complexity index is 114. The van der Waals surface area contributed by atoms with Crippen molar-refractivity contribution in [3.63, 3.8) is 0 Å². The van der Waals surface area contributed by atoms with Crippen molar-refractivity contribution in [2.75, 3.05) is 14.2 Å². The second-order valence-electron chi connectivity index (χ2n) is 3.17. The molecule has 11 heavy (non-hydrogen) atoms. The predicted molar refractivity (Wildman–Crippen MR) is 44.3 cm³/mol. The average molecular weight is 157 g/mol. The zero-order valence-electron chi connectivity index (χ0n) is 7.38. The molecule has 0 aromatic rings. The van der Waals surface area contributed by atoms with Crippen LogP contribution in [0.25, 0.3) is 0 Å². The van der Waals surface area contributed by atoms with Gasteiger partial charge in [-0.15, -0.1) is 0 Å². The fourth-order valence-electron chi connectivity index (χ4n) is 1.81. The van der Waals surface area contributed by atoms with Crippen LogP contribution in [0.3, 0.4) is 0 Å². The number of hydrogen-bond acceptors (Lipinski definition) is 2. The minimum atomic E-state index is 0.203. The number of rotatable bonds is 2. The van der Waals surface area contributed by atoms with E-state index >= 15 is 0 Å². The van der Waals surface area contributed by atoms with E-state index in [9.17, 15) is 0 Å². The lowest BCUT2D eigenvalue weighted by Gasteiger charge is -2.34. The zero-order valence-corrected chi connectivity index (χ0v) is 7.38. The summed E-state index contributed by atoms with van der Waals surface area (Å²) < 4.78 is 10.6. The molecule has 65 valence electrons. The Morgan fingerprint density at radius 2 is 1.91 bits per heavy atom. The molecule has 1 radical (unpaired) electrons. The quantitative estimate of drug-likeness (QED) is 0.606. The molecule has 0 aromatic heterocycles. The normalized spacial score (nSPS) is 39.0. The molecular formula is C9H17O2. The minimum Gasteiger partial charge on any atom is -0.379 e. The highest BCUT2D eigenvalue weighted by Gasteiger charge is 2.30. The van der Waals surface area contributed by atoms with Crippen molar-refractivity contribution in [3.05, 3.63) is 6.92 Å². The summed E-state index contributed by atoms with van der Waals surface area (Å²) in [7, 11) is 3.48. The van der Waals surface area contributed by atoms with Gasteiger partial charge < -0.3 is 9.47 Å². The van der Waals surface area contributed by atoms with Gasteiger partial charge in [0.25, 0.3) is 0 Å². The van der Waals surface area contributed by atoms with Crippen LogP contribution in [0.2, 0.25) is 0 Å². The van der Waals surface area contributed by atoms with Crippen LogP contribution in [0.4, 0.5) is 0 Å². The maximum atomic E-state index is 5.32. The molecule has 2 nitrogen and oxygen atoms in total. The largest absolute Gasteiger partial charge is 0.379 e. The maximum absolute atomic E-state index is 5.32. The van der Waals surface area contributed by atoms with E-state index in [0.717, 1.165) is 6.42 Å². The van der Waals surface area contributed by atoms with Gasteiger partial charge in [-0.3, -0.25) is 0 Å². The molecule has 1 saturated carbocycles. The molecule has 1 fully saturated rings. The summed E-state index contributed by atoms with van der Waals surface area (Å²) in [6, 6.07) is 0. The highest BCUT2D eigenvalue weighted by atomic mass is 16.5. The molecule has 0 bridgehead atoms. The molecular weight excluding hydrogens is 140 g/mol. The summed E-state index contributed by atoms with van der Waals surface area (Å²) in [4.78, 5) is 0. The van der Waals surface area contributed by atoms with E-state index in [-0.39, 0.29) is 12.2 Å². The highest BCUT2D eigenvalue weighted by Crippen LogP contribution is 2.27. The lowest BCUT2D eigenvalue weighted by atomic mass is 9.85. The molecule has 1 rings (SSSR count). The summed E-state index contributed by atoms with van der Waals surface area (Å²) >= 11 is 0. The van der Waals surface area contributed by atoms with Crippen LogP contribution in [-0.4, -0.2) is 26.4 Å². The Morgan fingerprint density at radius 3 is 2.36 bits per heavy atom.